The number of piperidine rings is 1. The number of aromatic nitrogens is 1. The second kappa shape index (κ2) is 7.12. The Morgan fingerprint density at radius 1 is 1.19 bits per heavy atom. The number of hydrogen-bond acceptors (Lipinski definition) is 4. The molecule has 2 saturated heterocycles. The zero-order valence-electron chi connectivity index (χ0n) is 16.6. The molecule has 0 aliphatic carbocycles. The lowest BCUT2D eigenvalue weighted by Gasteiger charge is -2.40. The quantitative estimate of drug-likeness (QED) is 0.829. The Bertz CT molecular complexity index is 844. The van der Waals surface area contributed by atoms with Crippen LogP contribution in [0.15, 0.2) is 28.7 Å². The fourth-order valence-corrected chi connectivity index (χ4v) is 4.82. The fraction of sp³-hybridized carbons (Fsp3) is 0.545. The van der Waals surface area contributed by atoms with E-state index in [1.165, 1.54) is 12.8 Å². The van der Waals surface area contributed by atoms with E-state index in [4.69, 9.17) is 4.42 Å². The molecule has 27 heavy (non-hydrogen) atoms. The van der Waals surface area contributed by atoms with Gasteiger partial charge in [0, 0.05) is 37.3 Å². The molecule has 1 unspecified atom stereocenters. The molecule has 0 bridgehead atoms. The highest BCUT2D eigenvalue weighted by Crippen LogP contribution is 2.40. The van der Waals surface area contributed by atoms with E-state index in [0.29, 0.717) is 0 Å². The highest BCUT2D eigenvalue weighted by molar-refractivity contribution is 5.95. The molecule has 0 saturated carbocycles. The van der Waals surface area contributed by atoms with E-state index >= 15 is 0 Å². The van der Waals surface area contributed by atoms with E-state index in [9.17, 15) is 4.79 Å². The SMILES string of the molecule is Cc1cccc(CN2CCCC3(CCN(C(=O)c4cc(C)oc4C)C3)C2)n1. The van der Waals surface area contributed by atoms with Gasteiger partial charge in [-0.25, -0.2) is 0 Å². The minimum Gasteiger partial charge on any atom is -0.466 e. The lowest BCUT2D eigenvalue weighted by atomic mass is 9.79. The van der Waals surface area contributed by atoms with Crippen molar-refractivity contribution in [3.05, 3.63) is 52.7 Å². The Hall–Kier alpha value is -2.14. The molecule has 2 aliphatic rings. The Balaban J connectivity index is 1.43. The molecule has 0 N–H and O–H groups in total. The van der Waals surface area contributed by atoms with E-state index in [-0.39, 0.29) is 11.3 Å². The molecule has 0 aromatic carbocycles. The van der Waals surface area contributed by atoms with Crippen LogP contribution in [-0.2, 0) is 6.54 Å². The highest BCUT2D eigenvalue weighted by Gasteiger charge is 2.43. The molecule has 5 nitrogen and oxygen atoms in total. The predicted molar refractivity (Wildman–Crippen MR) is 105 cm³/mol. The smallest absolute Gasteiger partial charge is 0.257 e. The number of furan rings is 1. The van der Waals surface area contributed by atoms with Crippen molar-refractivity contribution in [3.63, 3.8) is 0 Å². The largest absolute Gasteiger partial charge is 0.466 e. The van der Waals surface area contributed by atoms with Gasteiger partial charge in [-0.1, -0.05) is 6.07 Å². The molecular weight excluding hydrogens is 338 g/mol. The fourth-order valence-electron chi connectivity index (χ4n) is 4.82. The molecule has 1 amide bonds. The van der Waals surface area contributed by atoms with Gasteiger partial charge in [-0.05, 0) is 64.8 Å². The number of rotatable bonds is 3. The summed E-state index contributed by atoms with van der Waals surface area (Å²) < 4.78 is 5.56. The molecular formula is C22H29N3O2. The van der Waals surface area contributed by atoms with Crippen molar-refractivity contribution in [2.75, 3.05) is 26.2 Å². The third-order valence-electron chi connectivity index (χ3n) is 6.07. The van der Waals surface area contributed by atoms with Gasteiger partial charge in [0.25, 0.3) is 5.91 Å². The summed E-state index contributed by atoms with van der Waals surface area (Å²) >= 11 is 0. The third-order valence-corrected chi connectivity index (χ3v) is 6.07. The normalized spacial score (nSPS) is 23.3. The van der Waals surface area contributed by atoms with E-state index in [1.807, 2.05) is 37.8 Å². The van der Waals surface area contributed by atoms with Crippen LogP contribution in [0.4, 0.5) is 0 Å². The molecule has 0 radical (unpaired) electrons. The Morgan fingerprint density at radius 2 is 2.04 bits per heavy atom. The first-order valence-corrected chi connectivity index (χ1v) is 9.95. The van der Waals surface area contributed by atoms with Crippen LogP contribution in [0.1, 0.15) is 52.5 Å². The first-order valence-electron chi connectivity index (χ1n) is 9.95. The number of nitrogens with zero attached hydrogens (tertiary/aromatic N) is 3. The Labute approximate surface area is 161 Å². The molecule has 4 heterocycles. The summed E-state index contributed by atoms with van der Waals surface area (Å²) in [5, 5.41) is 0. The average molecular weight is 367 g/mol. The molecule has 1 spiro atoms. The summed E-state index contributed by atoms with van der Waals surface area (Å²) in [5.41, 5.74) is 3.16. The lowest BCUT2D eigenvalue weighted by molar-refractivity contribution is 0.0671. The molecule has 1 atom stereocenters. The summed E-state index contributed by atoms with van der Waals surface area (Å²) in [6.45, 7) is 10.6. The maximum absolute atomic E-state index is 13.0. The third kappa shape index (κ3) is 3.79. The monoisotopic (exact) mass is 367 g/mol. The number of amides is 1. The minimum absolute atomic E-state index is 0.124. The van der Waals surface area contributed by atoms with E-state index in [2.05, 4.69) is 22.0 Å². The van der Waals surface area contributed by atoms with Crippen LogP contribution < -0.4 is 0 Å². The molecule has 2 fully saturated rings. The minimum atomic E-state index is 0.124. The van der Waals surface area contributed by atoms with Gasteiger partial charge < -0.3 is 9.32 Å². The van der Waals surface area contributed by atoms with E-state index in [1.54, 1.807) is 0 Å². The summed E-state index contributed by atoms with van der Waals surface area (Å²) in [7, 11) is 0. The lowest BCUT2D eigenvalue weighted by Crippen LogP contribution is -2.45. The molecule has 2 aliphatic heterocycles. The van der Waals surface area contributed by atoms with Crippen LogP contribution in [0.5, 0.6) is 0 Å². The first-order chi connectivity index (χ1) is 12.9. The summed E-state index contributed by atoms with van der Waals surface area (Å²) in [6, 6.07) is 8.12. The number of likely N-dealkylation sites (tertiary alicyclic amines) is 2. The second-order valence-electron chi connectivity index (χ2n) is 8.39. The molecule has 5 heteroatoms. The number of carbonyl (C=O) groups is 1. The average Bonchev–Trinajstić information content (AvgIpc) is 3.17. The number of carbonyl (C=O) groups excluding carboxylic acids is 1. The standard InChI is InChI=1S/C22H29N3O2/c1-16-6-4-7-19(23-16)13-24-10-5-8-22(14-24)9-11-25(15-22)21(26)20-12-17(2)27-18(20)3/h4,6-7,12H,5,8-11,13-15H2,1-3H3. The van der Waals surface area contributed by atoms with Gasteiger partial charge in [0.05, 0.1) is 11.3 Å². The highest BCUT2D eigenvalue weighted by atomic mass is 16.3. The van der Waals surface area contributed by atoms with E-state index in [0.717, 1.165) is 67.6 Å². The predicted octanol–water partition coefficient (Wildman–Crippen LogP) is 3.73. The van der Waals surface area contributed by atoms with Crippen LogP contribution in [0, 0.1) is 26.2 Å². The van der Waals surface area contributed by atoms with Gasteiger partial charge in [0.2, 0.25) is 0 Å². The van der Waals surface area contributed by atoms with Gasteiger partial charge in [-0.3, -0.25) is 14.7 Å². The van der Waals surface area contributed by atoms with Gasteiger partial charge in [-0.15, -0.1) is 0 Å². The Morgan fingerprint density at radius 3 is 2.78 bits per heavy atom. The van der Waals surface area contributed by atoms with Crippen LogP contribution in [-0.4, -0.2) is 46.9 Å². The summed E-state index contributed by atoms with van der Waals surface area (Å²) in [4.78, 5) is 22.2. The number of hydrogen-bond donors (Lipinski definition) is 0. The van der Waals surface area contributed by atoms with Gasteiger partial charge in [-0.2, -0.15) is 0 Å². The maximum atomic E-state index is 13.0. The van der Waals surface area contributed by atoms with Crippen molar-refractivity contribution in [2.24, 2.45) is 5.41 Å². The maximum Gasteiger partial charge on any atom is 0.257 e. The first kappa shape index (κ1) is 18.2. The van der Waals surface area contributed by atoms with Crippen molar-refractivity contribution in [2.45, 2.75) is 46.6 Å². The topological polar surface area (TPSA) is 49.6 Å². The summed E-state index contributed by atoms with van der Waals surface area (Å²) in [5.74, 6) is 1.66. The van der Waals surface area contributed by atoms with Crippen molar-refractivity contribution in [1.82, 2.24) is 14.8 Å². The van der Waals surface area contributed by atoms with Crippen molar-refractivity contribution >= 4 is 5.91 Å². The molecule has 2 aromatic heterocycles. The zero-order valence-corrected chi connectivity index (χ0v) is 16.6. The zero-order chi connectivity index (χ0) is 19.0. The van der Waals surface area contributed by atoms with Crippen LogP contribution in [0.25, 0.3) is 0 Å². The summed E-state index contributed by atoms with van der Waals surface area (Å²) in [6.07, 6.45) is 3.49. The van der Waals surface area contributed by atoms with Gasteiger partial charge in [0.15, 0.2) is 0 Å². The van der Waals surface area contributed by atoms with Crippen LogP contribution in [0.3, 0.4) is 0 Å². The van der Waals surface area contributed by atoms with Gasteiger partial charge in [0.1, 0.15) is 11.5 Å². The van der Waals surface area contributed by atoms with Crippen molar-refractivity contribution in [3.8, 4) is 0 Å². The van der Waals surface area contributed by atoms with Gasteiger partial charge >= 0.3 is 0 Å². The van der Waals surface area contributed by atoms with Crippen LogP contribution >= 0.6 is 0 Å². The molecule has 2 aromatic rings. The number of pyridine rings is 1. The Kier molecular flexibility index (Phi) is 4.81. The van der Waals surface area contributed by atoms with Crippen molar-refractivity contribution < 1.29 is 9.21 Å². The van der Waals surface area contributed by atoms with Crippen LogP contribution in [0.2, 0.25) is 0 Å². The molecule has 4 rings (SSSR count). The van der Waals surface area contributed by atoms with Crippen molar-refractivity contribution in [1.29, 1.82) is 0 Å². The number of aryl methyl sites for hydroxylation is 3. The second-order valence-corrected chi connectivity index (χ2v) is 8.39. The molecule has 144 valence electrons. The van der Waals surface area contributed by atoms with E-state index < -0.39 is 0 Å².